The first kappa shape index (κ1) is 23.2. The van der Waals surface area contributed by atoms with Crippen molar-refractivity contribution in [1.29, 1.82) is 0 Å². The van der Waals surface area contributed by atoms with Gasteiger partial charge in [-0.3, -0.25) is 4.79 Å². The molecule has 0 spiro atoms. The maximum Gasteiger partial charge on any atom is 0.416 e. The molecule has 3 aromatic carbocycles. The highest BCUT2D eigenvalue weighted by Crippen LogP contribution is 2.30. The van der Waals surface area contributed by atoms with Gasteiger partial charge >= 0.3 is 6.18 Å². The third-order valence-electron chi connectivity index (χ3n) is 5.23. The molecule has 174 valence electrons. The van der Waals surface area contributed by atoms with Gasteiger partial charge < -0.3 is 10.1 Å². The van der Waals surface area contributed by atoms with Crippen LogP contribution in [0.25, 0.3) is 22.2 Å². The van der Waals surface area contributed by atoms with Crippen molar-refractivity contribution in [2.45, 2.75) is 19.6 Å². The van der Waals surface area contributed by atoms with Crippen LogP contribution in [0.5, 0.6) is 5.75 Å². The predicted molar refractivity (Wildman–Crippen MR) is 121 cm³/mol. The topological polar surface area (TPSA) is 51.2 Å². The minimum atomic E-state index is -4.61. The Balaban J connectivity index is 1.65. The number of halogens is 4. The molecule has 4 nitrogen and oxygen atoms in total. The molecular weight excluding hydrogens is 448 g/mol. The minimum Gasteiger partial charge on any atom is -0.494 e. The Kier molecular flexibility index (Phi) is 6.49. The highest BCUT2D eigenvalue weighted by Gasteiger charge is 2.31. The van der Waals surface area contributed by atoms with Crippen LogP contribution in [0.2, 0.25) is 0 Å². The predicted octanol–water partition coefficient (Wildman–Crippen LogP) is 6.39. The molecule has 34 heavy (non-hydrogen) atoms. The van der Waals surface area contributed by atoms with E-state index in [0.29, 0.717) is 41.1 Å². The van der Waals surface area contributed by atoms with Crippen molar-refractivity contribution in [1.82, 2.24) is 10.3 Å². The number of carbonyl (C=O) groups is 1. The number of hydrogen-bond acceptors (Lipinski definition) is 3. The Morgan fingerprint density at radius 3 is 2.44 bits per heavy atom. The molecule has 1 aromatic heterocycles. The van der Waals surface area contributed by atoms with Gasteiger partial charge in [-0.25, -0.2) is 9.37 Å². The SMILES string of the molecule is CCOc1ccc(-c2cc(C(=O)NCc3cc(C(F)(F)F)ccc3F)c3ccccc3n2)cc1. The molecule has 0 aliphatic rings. The Bertz CT molecular complexity index is 1340. The van der Waals surface area contributed by atoms with Gasteiger partial charge in [-0.05, 0) is 61.5 Å². The summed E-state index contributed by atoms with van der Waals surface area (Å²) in [6.45, 7) is 2.02. The van der Waals surface area contributed by atoms with Gasteiger partial charge in [0.1, 0.15) is 11.6 Å². The summed E-state index contributed by atoms with van der Waals surface area (Å²) in [4.78, 5) is 17.7. The number of alkyl halides is 3. The molecular formula is C26H20F4N2O2. The van der Waals surface area contributed by atoms with Gasteiger partial charge in [0.2, 0.25) is 0 Å². The van der Waals surface area contributed by atoms with E-state index in [4.69, 9.17) is 4.74 Å². The van der Waals surface area contributed by atoms with Gasteiger partial charge in [0.05, 0.1) is 28.9 Å². The standard InChI is InChI=1S/C26H20F4N2O2/c1-2-34-19-10-7-16(8-11-19)24-14-21(20-5-3-4-6-23(20)32-24)25(33)31-15-17-13-18(26(28,29)30)9-12-22(17)27/h3-14H,2,15H2,1H3,(H,31,33). The largest absolute Gasteiger partial charge is 0.494 e. The summed E-state index contributed by atoms with van der Waals surface area (Å²) in [7, 11) is 0. The van der Waals surface area contributed by atoms with Crippen LogP contribution in [-0.2, 0) is 12.7 Å². The van der Waals surface area contributed by atoms with Crippen LogP contribution in [-0.4, -0.2) is 17.5 Å². The summed E-state index contributed by atoms with van der Waals surface area (Å²) in [5, 5.41) is 3.11. The number of pyridine rings is 1. The van der Waals surface area contributed by atoms with E-state index in [9.17, 15) is 22.4 Å². The zero-order chi connectivity index (χ0) is 24.3. The molecule has 1 heterocycles. The van der Waals surface area contributed by atoms with E-state index in [1.165, 1.54) is 0 Å². The van der Waals surface area contributed by atoms with Gasteiger partial charge in [-0.2, -0.15) is 13.2 Å². The lowest BCUT2D eigenvalue weighted by molar-refractivity contribution is -0.137. The van der Waals surface area contributed by atoms with Gasteiger partial charge in [0.25, 0.3) is 5.91 Å². The maximum atomic E-state index is 14.1. The average molecular weight is 468 g/mol. The number of amides is 1. The van der Waals surface area contributed by atoms with Crippen molar-refractivity contribution < 1.29 is 27.1 Å². The van der Waals surface area contributed by atoms with Crippen LogP contribution in [0.4, 0.5) is 17.6 Å². The van der Waals surface area contributed by atoms with E-state index in [0.717, 1.165) is 11.6 Å². The molecule has 0 saturated carbocycles. The number of benzene rings is 3. The fraction of sp³-hybridized carbons (Fsp3) is 0.154. The lowest BCUT2D eigenvalue weighted by Gasteiger charge is -2.13. The lowest BCUT2D eigenvalue weighted by Crippen LogP contribution is -2.24. The van der Waals surface area contributed by atoms with Crippen molar-refractivity contribution in [3.8, 4) is 17.0 Å². The number of ether oxygens (including phenoxy) is 1. The first-order chi connectivity index (χ1) is 16.3. The van der Waals surface area contributed by atoms with E-state index >= 15 is 0 Å². The molecule has 0 bridgehead atoms. The molecule has 0 aliphatic carbocycles. The van der Waals surface area contributed by atoms with Gasteiger partial charge in [0, 0.05) is 23.1 Å². The van der Waals surface area contributed by atoms with Crippen molar-refractivity contribution in [3.63, 3.8) is 0 Å². The van der Waals surface area contributed by atoms with Crippen molar-refractivity contribution in [3.05, 3.63) is 95.3 Å². The number of nitrogens with zero attached hydrogens (tertiary/aromatic N) is 1. The normalized spacial score (nSPS) is 11.4. The third-order valence-corrected chi connectivity index (χ3v) is 5.23. The summed E-state index contributed by atoms with van der Waals surface area (Å²) >= 11 is 0. The van der Waals surface area contributed by atoms with E-state index < -0.39 is 30.0 Å². The molecule has 0 saturated heterocycles. The first-order valence-corrected chi connectivity index (χ1v) is 10.5. The van der Waals surface area contributed by atoms with E-state index in [1.54, 1.807) is 42.5 Å². The number of hydrogen-bond donors (Lipinski definition) is 1. The third kappa shape index (κ3) is 5.01. The Morgan fingerprint density at radius 1 is 1.00 bits per heavy atom. The summed E-state index contributed by atoms with van der Waals surface area (Å²) in [6.07, 6.45) is -4.61. The average Bonchev–Trinajstić information content (AvgIpc) is 2.82. The molecule has 4 rings (SSSR count). The summed E-state index contributed by atoms with van der Waals surface area (Å²) < 4.78 is 58.5. The van der Waals surface area contributed by atoms with Crippen LogP contribution < -0.4 is 10.1 Å². The second-order valence-corrected chi connectivity index (χ2v) is 7.52. The lowest BCUT2D eigenvalue weighted by atomic mass is 10.0. The Hall–Kier alpha value is -3.94. The summed E-state index contributed by atoms with van der Waals surface area (Å²) in [5.74, 6) is -0.682. The smallest absolute Gasteiger partial charge is 0.416 e. The highest BCUT2D eigenvalue weighted by atomic mass is 19.4. The zero-order valence-electron chi connectivity index (χ0n) is 18.1. The van der Waals surface area contributed by atoms with Crippen LogP contribution in [0.1, 0.15) is 28.4 Å². The maximum absolute atomic E-state index is 14.1. The van der Waals surface area contributed by atoms with Crippen LogP contribution >= 0.6 is 0 Å². The number of para-hydroxylation sites is 1. The van der Waals surface area contributed by atoms with Crippen molar-refractivity contribution in [2.75, 3.05) is 6.61 Å². The van der Waals surface area contributed by atoms with E-state index in [-0.39, 0.29) is 11.1 Å². The van der Waals surface area contributed by atoms with Gasteiger partial charge in [-0.15, -0.1) is 0 Å². The molecule has 0 radical (unpaired) electrons. The van der Waals surface area contributed by atoms with Gasteiger partial charge in [0.15, 0.2) is 0 Å². The molecule has 0 unspecified atom stereocenters. The van der Waals surface area contributed by atoms with Crippen LogP contribution in [0, 0.1) is 5.82 Å². The molecule has 0 aliphatic heterocycles. The number of aromatic nitrogens is 1. The van der Waals surface area contributed by atoms with Crippen LogP contribution in [0.15, 0.2) is 72.8 Å². The number of nitrogens with one attached hydrogen (secondary N) is 1. The molecule has 0 atom stereocenters. The Labute approximate surface area is 193 Å². The molecule has 0 fully saturated rings. The van der Waals surface area contributed by atoms with Crippen LogP contribution in [0.3, 0.4) is 0 Å². The second kappa shape index (κ2) is 9.51. The number of carbonyl (C=O) groups excluding carboxylic acids is 1. The number of rotatable bonds is 6. The Morgan fingerprint density at radius 2 is 1.74 bits per heavy atom. The molecule has 8 heteroatoms. The van der Waals surface area contributed by atoms with Crippen molar-refractivity contribution >= 4 is 16.8 Å². The fourth-order valence-electron chi connectivity index (χ4n) is 3.56. The van der Waals surface area contributed by atoms with Crippen molar-refractivity contribution in [2.24, 2.45) is 0 Å². The fourth-order valence-corrected chi connectivity index (χ4v) is 3.56. The number of fused-ring (bicyclic) bond motifs is 1. The molecule has 4 aromatic rings. The zero-order valence-corrected chi connectivity index (χ0v) is 18.1. The summed E-state index contributed by atoms with van der Waals surface area (Å²) in [5.41, 5.74) is 0.911. The van der Waals surface area contributed by atoms with Gasteiger partial charge in [-0.1, -0.05) is 18.2 Å². The first-order valence-electron chi connectivity index (χ1n) is 10.5. The van der Waals surface area contributed by atoms with E-state index in [2.05, 4.69) is 10.3 Å². The van der Waals surface area contributed by atoms with E-state index in [1.807, 2.05) is 19.1 Å². The quantitative estimate of drug-likeness (QED) is 0.334. The monoisotopic (exact) mass is 468 g/mol. The second-order valence-electron chi connectivity index (χ2n) is 7.52. The molecule has 1 N–H and O–H groups in total. The minimum absolute atomic E-state index is 0.256. The summed E-state index contributed by atoms with van der Waals surface area (Å²) in [6, 6.07) is 18.0. The molecule has 1 amide bonds. The highest BCUT2D eigenvalue weighted by molar-refractivity contribution is 6.07.